The van der Waals surface area contributed by atoms with Crippen LogP contribution in [0.25, 0.3) is 21.7 Å². The van der Waals surface area contributed by atoms with Crippen LogP contribution < -0.4 is 15.2 Å². The maximum Gasteiger partial charge on any atom is 0.231 e. The first-order valence-electron chi connectivity index (χ1n) is 6.12. The van der Waals surface area contributed by atoms with Crippen LogP contribution in [0.2, 0.25) is 0 Å². The summed E-state index contributed by atoms with van der Waals surface area (Å²) in [4.78, 5) is 0.975. The highest BCUT2D eigenvalue weighted by atomic mass is 79.9. The zero-order valence-corrected chi connectivity index (χ0v) is 13.0. The molecule has 0 radical (unpaired) electrons. The van der Waals surface area contributed by atoms with Gasteiger partial charge in [0.25, 0.3) is 0 Å². The summed E-state index contributed by atoms with van der Waals surface area (Å²) in [6.07, 6.45) is 0. The standard InChI is InChI=1S/C14H9BrN2O3S/c15-8-3-4-21-13(8)12-11(14(16)20-17-12)7-1-2-9-10(5-7)19-6-18-9/h1-5H,6,16H2. The molecule has 2 aromatic heterocycles. The molecule has 5 nitrogen and oxygen atoms in total. The molecule has 4 rings (SSSR count). The molecule has 1 aromatic carbocycles. The first-order valence-corrected chi connectivity index (χ1v) is 7.80. The molecule has 0 aliphatic carbocycles. The maximum atomic E-state index is 5.96. The third-order valence-electron chi connectivity index (χ3n) is 3.21. The van der Waals surface area contributed by atoms with Crippen molar-refractivity contribution in [1.29, 1.82) is 0 Å². The van der Waals surface area contributed by atoms with E-state index in [2.05, 4.69) is 21.1 Å². The van der Waals surface area contributed by atoms with E-state index in [1.165, 1.54) is 0 Å². The lowest BCUT2D eigenvalue weighted by atomic mass is 10.0. The molecular formula is C14H9BrN2O3S. The molecule has 0 spiro atoms. The Labute approximate surface area is 132 Å². The Morgan fingerprint density at radius 1 is 1.19 bits per heavy atom. The van der Waals surface area contributed by atoms with Crippen molar-refractivity contribution in [3.8, 4) is 33.2 Å². The van der Waals surface area contributed by atoms with E-state index >= 15 is 0 Å². The average molecular weight is 365 g/mol. The summed E-state index contributed by atoms with van der Waals surface area (Å²) in [6, 6.07) is 7.63. The summed E-state index contributed by atoms with van der Waals surface area (Å²) in [6.45, 7) is 0.237. The van der Waals surface area contributed by atoms with Gasteiger partial charge in [0.2, 0.25) is 12.7 Å². The molecule has 7 heteroatoms. The van der Waals surface area contributed by atoms with E-state index in [0.29, 0.717) is 11.4 Å². The van der Waals surface area contributed by atoms with Gasteiger partial charge >= 0.3 is 0 Å². The van der Waals surface area contributed by atoms with E-state index in [1.54, 1.807) is 11.3 Å². The number of hydrogen-bond donors (Lipinski definition) is 1. The number of ether oxygens (including phenoxy) is 2. The minimum absolute atomic E-state index is 0.237. The van der Waals surface area contributed by atoms with Crippen LogP contribution in [0.4, 0.5) is 5.88 Å². The first-order chi connectivity index (χ1) is 10.2. The van der Waals surface area contributed by atoms with E-state index in [0.717, 1.165) is 26.2 Å². The Balaban J connectivity index is 1.89. The third-order valence-corrected chi connectivity index (χ3v) is 5.06. The lowest BCUT2D eigenvalue weighted by molar-refractivity contribution is 0.174. The smallest absolute Gasteiger partial charge is 0.231 e. The van der Waals surface area contributed by atoms with Gasteiger partial charge in [0.05, 0.1) is 10.4 Å². The molecule has 0 unspecified atom stereocenters. The van der Waals surface area contributed by atoms with E-state index in [4.69, 9.17) is 19.7 Å². The SMILES string of the molecule is Nc1onc(-c2sccc2Br)c1-c1ccc2c(c1)OCO2. The minimum atomic E-state index is 0.237. The van der Waals surface area contributed by atoms with Gasteiger partial charge in [0, 0.05) is 4.47 Å². The molecule has 3 heterocycles. The number of fused-ring (bicyclic) bond motifs is 1. The molecular weight excluding hydrogens is 356 g/mol. The number of nitrogens with two attached hydrogens (primary N) is 1. The van der Waals surface area contributed by atoms with Crippen molar-refractivity contribution in [2.24, 2.45) is 0 Å². The van der Waals surface area contributed by atoms with Gasteiger partial charge < -0.3 is 19.7 Å². The van der Waals surface area contributed by atoms with Crippen LogP contribution in [0.1, 0.15) is 0 Å². The lowest BCUT2D eigenvalue weighted by Gasteiger charge is -2.03. The highest BCUT2D eigenvalue weighted by Crippen LogP contribution is 2.44. The van der Waals surface area contributed by atoms with Crippen LogP contribution >= 0.6 is 27.3 Å². The zero-order valence-electron chi connectivity index (χ0n) is 10.6. The van der Waals surface area contributed by atoms with Gasteiger partial charge in [-0.3, -0.25) is 0 Å². The first kappa shape index (κ1) is 12.7. The minimum Gasteiger partial charge on any atom is -0.454 e. The molecule has 0 saturated carbocycles. The van der Waals surface area contributed by atoms with Crippen LogP contribution in [0, 0.1) is 0 Å². The summed E-state index contributed by atoms with van der Waals surface area (Å²) in [5.74, 6) is 1.71. The molecule has 1 aliphatic heterocycles. The second-order valence-corrected chi connectivity index (χ2v) is 6.21. The number of hydrogen-bond acceptors (Lipinski definition) is 6. The summed E-state index contributed by atoms with van der Waals surface area (Å²) in [5, 5.41) is 6.08. The Morgan fingerprint density at radius 2 is 2.05 bits per heavy atom. The van der Waals surface area contributed by atoms with Crippen molar-refractivity contribution in [3.63, 3.8) is 0 Å². The summed E-state index contributed by atoms with van der Waals surface area (Å²) in [5.41, 5.74) is 8.32. The number of anilines is 1. The molecule has 0 fully saturated rings. The highest BCUT2D eigenvalue weighted by molar-refractivity contribution is 9.10. The molecule has 106 valence electrons. The van der Waals surface area contributed by atoms with Crippen molar-refractivity contribution >= 4 is 33.2 Å². The normalized spacial score (nSPS) is 12.8. The Morgan fingerprint density at radius 3 is 2.86 bits per heavy atom. The van der Waals surface area contributed by atoms with E-state index < -0.39 is 0 Å². The highest BCUT2D eigenvalue weighted by Gasteiger charge is 2.22. The van der Waals surface area contributed by atoms with Crippen LogP contribution in [0.15, 0.2) is 38.6 Å². The van der Waals surface area contributed by atoms with Gasteiger partial charge in [0.15, 0.2) is 11.5 Å². The average Bonchev–Trinajstić information content (AvgIpc) is 3.17. The monoisotopic (exact) mass is 364 g/mol. The van der Waals surface area contributed by atoms with Crippen molar-refractivity contribution in [2.45, 2.75) is 0 Å². The number of halogens is 1. The fourth-order valence-electron chi connectivity index (χ4n) is 2.25. The number of nitrogen functional groups attached to an aromatic ring is 1. The van der Waals surface area contributed by atoms with Crippen LogP contribution in [0.3, 0.4) is 0 Å². The van der Waals surface area contributed by atoms with Crippen LogP contribution in [-0.2, 0) is 0 Å². The second kappa shape index (κ2) is 4.78. The van der Waals surface area contributed by atoms with E-state index in [9.17, 15) is 0 Å². The van der Waals surface area contributed by atoms with Gasteiger partial charge in [-0.25, -0.2) is 0 Å². The molecule has 21 heavy (non-hydrogen) atoms. The second-order valence-electron chi connectivity index (χ2n) is 4.44. The fourth-order valence-corrected chi connectivity index (χ4v) is 3.80. The fraction of sp³-hybridized carbons (Fsp3) is 0.0714. The Kier molecular flexibility index (Phi) is 2.90. The van der Waals surface area contributed by atoms with Gasteiger partial charge in [0.1, 0.15) is 5.69 Å². The van der Waals surface area contributed by atoms with Crippen molar-refractivity contribution in [3.05, 3.63) is 34.1 Å². The van der Waals surface area contributed by atoms with Gasteiger partial charge in [-0.2, -0.15) is 0 Å². The van der Waals surface area contributed by atoms with Crippen LogP contribution in [-0.4, -0.2) is 11.9 Å². The van der Waals surface area contributed by atoms with E-state index in [1.807, 2.05) is 29.6 Å². The lowest BCUT2D eigenvalue weighted by Crippen LogP contribution is -1.92. The number of aromatic nitrogens is 1. The zero-order chi connectivity index (χ0) is 14.4. The summed E-state index contributed by atoms with van der Waals surface area (Å²) < 4.78 is 16.9. The maximum absolute atomic E-state index is 5.96. The molecule has 1 aliphatic rings. The quantitative estimate of drug-likeness (QED) is 0.739. The van der Waals surface area contributed by atoms with Crippen LogP contribution in [0.5, 0.6) is 11.5 Å². The third kappa shape index (κ3) is 2.00. The predicted octanol–water partition coefficient (Wildman–Crippen LogP) is 4.14. The van der Waals surface area contributed by atoms with E-state index in [-0.39, 0.29) is 12.7 Å². The molecule has 2 N–H and O–H groups in total. The topological polar surface area (TPSA) is 70.5 Å². The molecule has 0 bridgehead atoms. The predicted molar refractivity (Wildman–Crippen MR) is 83.5 cm³/mol. The molecule has 3 aromatic rings. The number of nitrogens with zero attached hydrogens (tertiary/aromatic N) is 1. The largest absolute Gasteiger partial charge is 0.454 e. The Bertz CT molecular complexity index is 827. The van der Waals surface area contributed by atoms with Gasteiger partial charge in [-0.1, -0.05) is 11.2 Å². The number of thiophene rings is 1. The summed E-state index contributed by atoms with van der Waals surface area (Å²) >= 11 is 5.08. The number of benzene rings is 1. The van der Waals surface area contributed by atoms with Crippen molar-refractivity contribution < 1.29 is 14.0 Å². The van der Waals surface area contributed by atoms with Gasteiger partial charge in [-0.15, -0.1) is 11.3 Å². The van der Waals surface area contributed by atoms with Crippen molar-refractivity contribution in [1.82, 2.24) is 5.16 Å². The molecule has 0 atom stereocenters. The van der Waals surface area contributed by atoms with Crippen molar-refractivity contribution in [2.75, 3.05) is 12.5 Å². The molecule has 0 saturated heterocycles. The summed E-state index contributed by atoms with van der Waals surface area (Å²) in [7, 11) is 0. The van der Waals surface area contributed by atoms with Gasteiger partial charge in [-0.05, 0) is 45.1 Å². The number of rotatable bonds is 2. The molecule has 0 amide bonds. The Hall–Kier alpha value is -1.99.